The SMILES string of the molecule is CCCCCOC(=O)C1=C(C)NC2=C(C(=O)CCC2)C1c1ccc(C)cc1. The Morgan fingerprint density at radius 2 is 1.89 bits per heavy atom. The smallest absolute Gasteiger partial charge is 0.336 e. The van der Waals surface area contributed by atoms with Crippen LogP contribution in [0, 0.1) is 6.92 Å². The number of benzene rings is 1. The quantitative estimate of drug-likeness (QED) is 0.585. The Morgan fingerprint density at radius 1 is 1.15 bits per heavy atom. The standard InChI is InChI=1S/C23H29NO3/c1-4-5-6-14-27-23(26)20-16(3)24-18-8-7-9-19(25)22(18)21(20)17-12-10-15(2)11-13-17/h10-13,21,24H,4-9,14H2,1-3H3. The van der Waals surface area contributed by atoms with Crippen LogP contribution in [-0.2, 0) is 14.3 Å². The molecule has 1 heterocycles. The number of unbranched alkanes of at least 4 members (excludes halogenated alkanes) is 2. The van der Waals surface area contributed by atoms with Crippen LogP contribution in [0.2, 0.25) is 0 Å². The minimum atomic E-state index is -0.340. The number of esters is 1. The van der Waals surface area contributed by atoms with Crippen molar-refractivity contribution >= 4 is 11.8 Å². The Labute approximate surface area is 161 Å². The third-order valence-corrected chi connectivity index (χ3v) is 5.39. The summed E-state index contributed by atoms with van der Waals surface area (Å²) < 4.78 is 5.57. The summed E-state index contributed by atoms with van der Waals surface area (Å²) in [6.07, 6.45) is 5.23. The number of rotatable bonds is 6. The molecule has 0 bridgehead atoms. The fraction of sp³-hybridized carbons (Fsp3) is 0.478. The maximum atomic E-state index is 12.9. The molecule has 1 aliphatic carbocycles. The van der Waals surface area contributed by atoms with Gasteiger partial charge in [-0.2, -0.15) is 0 Å². The molecule has 0 saturated heterocycles. The van der Waals surface area contributed by atoms with E-state index in [-0.39, 0.29) is 17.7 Å². The number of Topliss-reactive ketones (excluding diaryl/α,β-unsaturated/α-hetero) is 1. The van der Waals surface area contributed by atoms with E-state index in [1.165, 1.54) is 0 Å². The van der Waals surface area contributed by atoms with Gasteiger partial charge in [-0.25, -0.2) is 4.79 Å². The van der Waals surface area contributed by atoms with E-state index in [1.54, 1.807) is 0 Å². The van der Waals surface area contributed by atoms with Crippen LogP contribution in [0.1, 0.15) is 69.4 Å². The van der Waals surface area contributed by atoms with Crippen LogP contribution in [0.4, 0.5) is 0 Å². The van der Waals surface area contributed by atoms with Gasteiger partial charge in [-0.3, -0.25) is 4.79 Å². The number of hydrogen-bond donors (Lipinski definition) is 1. The van der Waals surface area contributed by atoms with Crippen LogP contribution in [0.25, 0.3) is 0 Å². The van der Waals surface area contributed by atoms with E-state index in [0.29, 0.717) is 18.6 Å². The first-order chi connectivity index (χ1) is 13.0. The van der Waals surface area contributed by atoms with Crippen molar-refractivity contribution in [3.05, 3.63) is 57.9 Å². The molecule has 0 spiro atoms. The zero-order valence-electron chi connectivity index (χ0n) is 16.6. The molecule has 0 fully saturated rings. The molecule has 2 aliphatic rings. The van der Waals surface area contributed by atoms with Gasteiger partial charge < -0.3 is 10.1 Å². The van der Waals surface area contributed by atoms with Gasteiger partial charge in [0.1, 0.15) is 0 Å². The molecule has 3 rings (SSSR count). The van der Waals surface area contributed by atoms with Gasteiger partial charge in [0.2, 0.25) is 0 Å². The summed E-state index contributed by atoms with van der Waals surface area (Å²) >= 11 is 0. The molecule has 27 heavy (non-hydrogen) atoms. The van der Waals surface area contributed by atoms with Crippen molar-refractivity contribution in [3.8, 4) is 0 Å². The van der Waals surface area contributed by atoms with Crippen LogP contribution < -0.4 is 5.32 Å². The summed E-state index contributed by atoms with van der Waals surface area (Å²) in [5, 5.41) is 3.33. The van der Waals surface area contributed by atoms with Gasteiger partial charge in [-0.15, -0.1) is 0 Å². The molecular weight excluding hydrogens is 338 g/mol. The van der Waals surface area contributed by atoms with E-state index in [4.69, 9.17) is 4.74 Å². The molecule has 1 aromatic carbocycles. The molecule has 0 saturated carbocycles. The number of carbonyl (C=O) groups is 2. The monoisotopic (exact) mass is 367 g/mol. The van der Waals surface area contributed by atoms with Gasteiger partial charge in [0.05, 0.1) is 12.2 Å². The predicted molar refractivity (Wildman–Crippen MR) is 106 cm³/mol. The Hall–Kier alpha value is -2.36. The second-order valence-electron chi connectivity index (χ2n) is 7.52. The van der Waals surface area contributed by atoms with E-state index in [0.717, 1.165) is 60.2 Å². The number of carbonyl (C=O) groups excluding carboxylic acids is 2. The largest absolute Gasteiger partial charge is 0.462 e. The van der Waals surface area contributed by atoms with Gasteiger partial charge in [-0.05, 0) is 38.7 Å². The van der Waals surface area contributed by atoms with Crippen molar-refractivity contribution in [1.82, 2.24) is 5.32 Å². The molecule has 4 nitrogen and oxygen atoms in total. The van der Waals surface area contributed by atoms with Crippen molar-refractivity contribution in [3.63, 3.8) is 0 Å². The lowest BCUT2D eigenvalue weighted by molar-refractivity contribution is -0.139. The average Bonchev–Trinajstić information content (AvgIpc) is 2.65. The summed E-state index contributed by atoms with van der Waals surface area (Å²) in [5.74, 6) is -0.516. The Kier molecular flexibility index (Phi) is 6.15. The number of hydrogen-bond acceptors (Lipinski definition) is 4. The minimum absolute atomic E-state index is 0.137. The van der Waals surface area contributed by atoms with Crippen LogP contribution in [0.3, 0.4) is 0 Å². The summed E-state index contributed by atoms with van der Waals surface area (Å²) in [6.45, 7) is 6.49. The molecule has 0 aromatic heterocycles. The summed E-state index contributed by atoms with van der Waals surface area (Å²) in [4.78, 5) is 25.7. The van der Waals surface area contributed by atoms with Crippen LogP contribution in [-0.4, -0.2) is 18.4 Å². The first kappa shape index (κ1) is 19.4. The average molecular weight is 367 g/mol. The van der Waals surface area contributed by atoms with Gasteiger partial charge in [0, 0.05) is 29.3 Å². The highest BCUT2D eigenvalue weighted by atomic mass is 16.5. The maximum absolute atomic E-state index is 12.9. The fourth-order valence-corrected chi connectivity index (χ4v) is 3.94. The summed E-state index contributed by atoms with van der Waals surface area (Å²) in [5.41, 5.74) is 5.22. The number of nitrogens with one attached hydrogen (secondary N) is 1. The van der Waals surface area contributed by atoms with Crippen molar-refractivity contribution in [2.24, 2.45) is 0 Å². The van der Waals surface area contributed by atoms with Gasteiger partial charge in [0.15, 0.2) is 5.78 Å². The van der Waals surface area contributed by atoms with Gasteiger partial charge in [-0.1, -0.05) is 49.6 Å². The summed E-state index contributed by atoms with van der Waals surface area (Å²) in [7, 11) is 0. The van der Waals surface area contributed by atoms with Crippen molar-refractivity contribution in [1.29, 1.82) is 0 Å². The van der Waals surface area contributed by atoms with Crippen LogP contribution in [0.15, 0.2) is 46.8 Å². The third-order valence-electron chi connectivity index (χ3n) is 5.39. The Balaban J connectivity index is 1.97. The first-order valence-electron chi connectivity index (χ1n) is 10.0. The number of ether oxygens (including phenoxy) is 1. The third kappa shape index (κ3) is 4.15. The lowest BCUT2D eigenvalue weighted by Crippen LogP contribution is -2.34. The summed E-state index contributed by atoms with van der Waals surface area (Å²) in [6, 6.07) is 8.11. The van der Waals surface area contributed by atoms with E-state index in [1.807, 2.05) is 38.1 Å². The number of dihydropyridines is 1. The molecule has 0 amide bonds. The van der Waals surface area contributed by atoms with Crippen molar-refractivity contribution in [2.45, 2.75) is 65.2 Å². The minimum Gasteiger partial charge on any atom is -0.462 e. The Bertz CT molecular complexity index is 786. The molecule has 144 valence electrons. The zero-order chi connectivity index (χ0) is 19.4. The molecule has 1 aromatic rings. The number of ketones is 1. The van der Waals surface area contributed by atoms with E-state index < -0.39 is 0 Å². The topological polar surface area (TPSA) is 55.4 Å². The normalized spacial score (nSPS) is 19.7. The second-order valence-corrected chi connectivity index (χ2v) is 7.52. The Morgan fingerprint density at radius 3 is 2.59 bits per heavy atom. The van der Waals surface area contributed by atoms with E-state index in [9.17, 15) is 9.59 Å². The molecule has 1 unspecified atom stereocenters. The van der Waals surface area contributed by atoms with Crippen LogP contribution >= 0.6 is 0 Å². The van der Waals surface area contributed by atoms with Crippen molar-refractivity contribution < 1.29 is 14.3 Å². The van der Waals surface area contributed by atoms with Crippen LogP contribution in [0.5, 0.6) is 0 Å². The predicted octanol–water partition coefficient (Wildman–Crippen LogP) is 4.70. The molecular formula is C23H29NO3. The lowest BCUT2D eigenvalue weighted by atomic mass is 9.75. The fourth-order valence-electron chi connectivity index (χ4n) is 3.94. The second kappa shape index (κ2) is 8.55. The lowest BCUT2D eigenvalue weighted by Gasteiger charge is -2.34. The highest BCUT2D eigenvalue weighted by Crippen LogP contribution is 2.42. The first-order valence-corrected chi connectivity index (χ1v) is 10.0. The molecule has 0 radical (unpaired) electrons. The van der Waals surface area contributed by atoms with E-state index in [2.05, 4.69) is 12.2 Å². The van der Waals surface area contributed by atoms with Gasteiger partial charge in [0.25, 0.3) is 0 Å². The van der Waals surface area contributed by atoms with Crippen molar-refractivity contribution in [2.75, 3.05) is 6.61 Å². The number of aryl methyl sites for hydroxylation is 1. The van der Waals surface area contributed by atoms with Gasteiger partial charge >= 0.3 is 5.97 Å². The number of allylic oxidation sites excluding steroid dienone is 3. The highest BCUT2D eigenvalue weighted by Gasteiger charge is 2.38. The molecule has 1 N–H and O–H groups in total. The van der Waals surface area contributed by atoms with E-state index >= 15 is 0 Å². The maximum Gasteiger partial charge on any atom is 0.336 e. The molecule has 4 heteroatoms. The molecule has 1 aliphatic heterocycles. The molecule has 1 atom stereocenters. The highest BCUT2D eigenvalue weighted by molar-refractivity contribution is 6.03. The zero-order valence-corrected chi connectivity index (χ0v) is 16.6.